The highest BCUT2D eigenvalue weighted by Crippen LogP contribution is 2.34. The molecule has 4 nitrogen and oxygen atoms in total. The van der Waals surface area contributed by atoms with Crippen LogP contribution in [0.2, 0.25) is 0 Å². The molecule has 1 saturated heterocycles. The average molecular weight is 424 g/mol. The summed E-state index contributed by atoms with van der Waals surface area (Å²) in [5.74, 6) is -3.31. The van der Waals surface area contributed by atoms with Crippen LogP contribution in [0.1, 0.15) is 41.3 Å². The van der Waals surface area contributed by atoms with E-state index in [0.717, 1.165) is 24.3 Å². The van der Waals surface area contributed by atoms with E-state index < -0.39 is 28.9 Å². The first-order valence-corrected chi connectivity index (χ1v) is 10.6. The van der Waals surface area contributed by atoms with Crippen LogP contribution < -0.4 is 0 Å². The van der Waals surface area contributed by atoms with E-state index in [1.807, 2.05) is 19.1 Å². The van der Waals surface area contributed by atoms with Gasteiger partial charge in [0.2, 0.25) is 0 Å². The molecule has 1 atom stereocenters. The number of carbonyl (C=O) groups is 1. The molecule has 0 bridgehead atoms. The summed E-state index contributed by atoms with van der Waals surface area (Å²) in [7, 11) is 0. The number of carbonyl (C=O) groups excluding carboxylic acids is 1. The molecule has 2 aliphatic rings. The zero-order valence-electron chi connectivity index (χ0n) is 17.7. The highest BCUT2D eigenvalue weighted by molar-refractivity contribution is 5.96. The summed E-state index contributed by atoms with van der Waals surface area (Å²) < 4.78 is 28.2. The van der Waals surface area contributed by atoms with Crippen LogP contribution in [0.4, 0.5) is 8.78 Å². The molecule has 6 heteroatoms. The van der Waals surface area contributed by atoms with Crippen LogP contribution in [-0.4, -0.2) is 40.8 Å². The number of rotatable bonds is 4. The summed E-state index contributed by atoms with van der Waals surface area (Å²) in [6, 6.07) is 10.2. The minimum Gasteiger partial charge on any atom is -0.505 e. The second kappa shape index (κ2) is 8.61. The maximum atomic E-state index is 14.2. The van der Waals surface area contributed by atoms with Crippen molar-refractivity contribution >= 4 is 11.6 Å². The minimum absolute atomic E-state index is 0.0920. The lowest BCUT2D eigenvalue weighted by Crippen LogP contribution is -2.40. The molecule has 31 heavy (non-hydrogen) atoms. The highest BCUT2D eigenvalue weighted by Gasteiger charge is 2.33. The Hall–Kier alpha value is -3.02. The molecule has 2 aromatic carbocycles. The molecule has 0 radical (unpaired) electrons. The smallest absolute Gasteiger partial charge is 0.259 e. The monoisotopic (exact) mass is 424 g/mol. The first-order chi connectivity index (χ1) is 14.8. The molecule has 1 N–H and O–H groups in total. The summed E-state index contributed by atoms with van der Waals surface area (Å²) in [5, 5.41) is 9.52. The fraction of sp³-hybridized carbons (Fsp3) is 0.360. The van der Waals surface area contributed by atoms with Crippen molar-refractivity contribution in [3.05, 3.63) is 76.4 Å². The minimum atomic E-state index is -1.20. The van der Waals surface area contributed by atoms with Crippen LogP contribution in [0.15, 0.2) is 53.0 Å². The van der Waals surface area contributed by atoms with E-state index in [9.17, 15) is 18.7 Å². The molecule has 4 rings (SSSR count). The van der Waals surface area contributed by atoms with Crippen molar-refractivity contribution in [1.29, 1.82) is 0 Å². The van der Waals surface area contributed by atoms with Crippen LogP contribution >= 0.6 is 0 Å². The van der Waals surface area contributed by atoms with Crippen molar-refractivity contribution in [2.24, 2.45) is 10.9 Å². The number of aryl methyl sites for hydroxylation is 1. The number of hydrogen-bond donors (Lipinski definition) is 1. The van der Waals surface area contributed by atoms with Gasteiger partial charge in [0.25, 0.3) is 5.91 Å². The number of phenolic OH excluding ortho intramolecular Hbond substituents is 1. The topological polar surface area (TPSA) is 52.9 Å². The number of likely N-dealkylation sites (tertiary alicyclic amines) is 1. The van der Waals surface area contributed by atoms with Crippen molar-refractivity contribution in [2.45, 2.75) is 39.2 Å². The van der Waals surface area contributed by atoms with Crippen LogP contribution in [0.5, 0.6) is 5.75 Å². The van der Waals surface area contributed by atoms with E-state index in [2.05, 4.69) is 25.1 Å². The lowest BCUT2D eigenvalue weighted by Gasteiger charge is -2.34. The van der Waals surface area contributed by atoms with Crippen molar-refractivity contribution < 1.29 is 18.7 Å². The van der Waals surface area contributed by atoms with Crippen LogP contribution in [-0.2, 0) is 6.42 Å². The molecule has 1 amide bonds. The maximum absolute atomic E-state index is 14.2. The van der Waals surface area contributed by atoms with Gasteiger partial charge in [-0.05, 0) is 73.9 Å². The maximum Gasteiger partial charge on any atom is 0.259 e. The largest absolute Gasteiger partial charge is 0.505 e. The summed E-state index contributed by atoms with van der Waals surface area (Å²) >= 11 is 0. The number of amides is 1. The summed E-state index contributed by atoms with van der Waals surface area (Å²) in [5.41, 5.74) is 4.13. The second-order valence-corrected chi connectivity index (χ2v) is 8.38. The third-order valence-corrected chi connectivity index (χ3v) is 6.33. The summed E-state index contributed by atoms with van der Waals surface area (Å²) in [4.78, 5) is 19.0. The fourth-order valence-electron chi connectivity index (χ4n) is 4.61. The van der Waals surface area contributed by atoms with Crippen molar-refractivity contribution in [3.8, 4) is 5.75 Å². The number of allylic oxidation sites excluding steroid dienone is 1. The Morgan fingerprint density at radius 2 is 1.84 bits per heavy atom. The summed E-state index contributed by atoms with van der Waals surface area (Å²) in [6.07, 6.45) is 4.42. The van der Waals surface area contributed by atoms with Gasteiger partial charge < -0.3 is 10.0 Å². The number of phenols is 1. The Labute approximate surface area is 180 Å². The summed E-state index contributed by atoms with van der Waals surface area (Å²) in [6.45, 7) is 4.93. The second-order valence-electron chi connectivity index (χ2n) is 8.38. The highest BCUT2D eigenvalue weighted by atomic mass is 19.1. The number of aromatic hydroxyl groups is 1. The molecule has 0 saturated carbocycles. The molecule has 0 spiro atoms. The van der Waals surface area contributed by atoms with Gasteiger partial charge in [0.05, 0.1) is 6.04 Å². The van der Waals surface area contributed by atoms with Gasteiger partial charge in [0.15, 0.2) is 11.6 Å². The fourth-order valence-corrected chi connectivity index (χ4v) is 4.61. The van der Waals surface area contributed by atoms with E-state index in [4.69, 9.17) is 4.99 Å². The normalized spacial score (nSPS) is 19.4. The third kappa shape index (κ3) is 4.24. The van der Waals surface area contributed by atoms with Crippen molar-refractivity contribution in [3.63, 3.8) is 0 Å². The number of nitrogens with zero attached hydrogens (tertiary/aromatic N) is 2. The van der Waals surface area contributed by atoms with Crippen molar-refractivity contribution in [1.82, 2.24) is 4.90 Å². The van der Waals surface area contributed by atoms with E-state index in [1.165, 1.54) is 21.6 Å². The standard InChI is InChI=1S/C25H26F2N2O2/c1-15-5-3-4-6-18(15)14-21-19(13-16(2)28-21)17-9-11-29(12-10-17)25(31)23-20(26)7-8-22(30)24(23)27/h3-8,13,17,21,30H,9-12,14H2,1-2H3/t21-/m0/s1. The van der Waals surface area contributed by atoms with Crippen LogP contribution in [0, 0.1) is 24.5 Å². The van der Waals surface area contributed by atoms with Gasteiger partial charge in [0, 0.05) is 18.8 Å². The van der Waals surface area contributed by atoms with Crippen molar-refractivity contribution in [2.75, 3.05) is 13.1 Å². The van der Waals surface area contributed by atoms with Gasteiger partial charge in [-0.1, -0.05) is 24.3 Å². The number of benzene rings is 2. The molecule has 2 aliphatic heterocycles. The lowest BCUT2D eigenvalue weighted by atomic mass is 9.83. The lowest BCUT2D eigenvalue weighted by molar-refractivity contribution is 0.0690. The third-order valence-electron chi connectivity index (χ3n) is 6.33. The van der Waals surface area contributed by atoms with Gasteiger partial charge in [-0.2, -0.15) is 0 Å². The first-order valence-electron chi connectivity index (χ1n) is 10.6. The Bertz CT molecular complexity index is 1070. The van der Waals surface area contributed by atoms with Crippen LogP contribution in [0.3, 0.4) is 0 Å². The predicted molar refractivity (Wildman–Crippen MR) is 117 cm³/mol. The quantitative estimate of drug-likeness (QED) is 0.763. The van der Waals surface area contributed by atoms with Gasteiger partial charge in [0.1, 0.15) is 11.4 Å². The molecule has 0 aliphatic carbocycles. The number of piperidine rings is 1. The molecule has 2 heterocycles. The molecule has 2 aromatic rings. The Balaban J connectivity index is 1.45. The molecule has 162 valence electrons. The van der Waals surface area contributed by atoms with E-state index in [1.54, 1.807) is 0 Å². The molecule has 0 unspecified atom stereocenters. The van der Waals surface area contributed by atoms with Crippen LogP contribution in [0.25, 0.3) is 0 Å². The van der Waals surface area contributed by atoms with Gasteiger partial charge >= 0.3 is 0 Å². The Morgan fingerprint density at radius 1 is 1.13 bits per heavy atom. The number of halogens is 2. The molecular formula is C25H26F2N2O2. The zero-order chi connectivity index (χ0) is 22.1. The predicted octanol–water partition coefficient (Wildman–Crippen LogP) is 4.84. The molecule has 1 fully saturated rings. The van der Waals surface area contributed by atoms with E-state index >= 15 is 0 Å². The van der Waals surface area contributed by atoms with Gasteiger partial charge in [-0.25, -0.2) is 8.78 Å². The number of aliphatic imine (C=N–C) groups is 1. The Morgan fingerprint density at radius 3 is 2.55 bits per heavy atom. The first kappa shape index (κ1) is 21.2. The molecular weight excluding hydrogens is 398 g/mol. The van der Waals surface area contributed by atoms with Gasteiger partial charge in [-0.3, -0.25) is 9.79 Å². The Kier molecular flexibility index (Phi) is 5.90. The van der Waals surface area contributed by atoms with E-state index in [0.29, 0.717) is 25.9 Å². The number of hydrogen-bond acceptors (Lipinski definition) is 3. The molecule has 0 aromatic heterocycles. The zero-order valence-corrected chi connectivity index (χ0v) is 17.7. The SMILES string of the molecule is CC1=N[C@@H](Cc2ccccc2C)C(C2CCN(C(=O)c3c(F)ccc(O)c3F)CC2)=C1. The van der Waals surface area contributed by atoms with Gasteiger partial charge in [-0.15, -0.1) is 0 Å². The van der Waals surface area contributed by atoms with E-state index in [-0.39, 0.29) is 12.0 Å². The average Bonchev–Trinajstić information content (AvgIpc) is 3.13.